The fourth-order valence-electron chi connectivity index (χ4n) is 1.62. The minimum absolute atomic E-state index is 0.346. The van der Waals surface area contributed by atoms with Crippen LogP contribution < -0.4 is 5.73 Å². The number of carbonyl (C=O) groups excluding carboxylic acids is 1. The van der Waals surface area contributed by atoms with Crippen molar-refractivity contribution in [2.45, 2.75) is 18.9 Å². The van der Waals surface area contributed by atoms with Crippen molar-refractivity contribution in [3.8, 4) is 0 Å². The van der Waals surface area contributed by atoms with Gasteiger partial charge in [-0.2, -0.15) is 0 Å². The van der Waals surface area contributed by atoms with Crippen LogP contribution in [0.3, 0.4) is 0 Å². The highest BCUT2D eigenvalue weighted by atomic mass is 79.9. The second-order valence-electron chi connectivity index (χ2n) is 4.34. The van der Waals surface area contributed by atoms with Crippen LogP contribution in [0, 0.1) is 0 Å². The molecule has 0 saturated heterocycles. The monoisotopic (exact) mass is 328 g/mol. The number of carboxylic acid groups (broad SMARTS) is 1. The number of amides is 1. The summed E-state index contributed by atoms with van der Waals surface area (Å²) in [7, 11) is 1.63. The molecule has 0 spiro atoms. The number of benzene rings is 1. The van der Waals surface area contributed by atoms with Gasteiger partial charge >= 0.3 is 5.97 Å². The average Bonchev–Trinajstić information content (AvgIpc) is 2.36. The number of hydrogen-bond donors (Lipinski definition) is 2. The fourth-order valence-corrected chi connectivity index (χ4v) is 1.88. The number of nitrogens with zero attached hydrogens (tertiary/aromatic N) is 1. The van der Waals surface area contributed by atoms with Gasteiger partial charge in [0.1, 0.15) is 0 Å². The summed E-state index contributed by atoms with van der Waals surface area (Å²) in [4.78, 5) is 23.7. The van der Waals surface area contributed by atoms with E-state index in [0.717, 1.165) is 10.0 Å². The predicted molar refractivity (Wildman–Crippen MR) is 75.7 cm³/mol. The number of likely N-dealkylation sites (N-methyl/N-ethyl adjacent to an activating group) is 1. The van der Waals surface area contributed by atoms with Crippen LogP contribution in [0.25, 0.3) is 0 Å². The zero-order valence-electron chi connectivity index (χ0n) is 10.7. The van der Waals surface area contributed by atoms with Crippen LogP contribution in [0.2, 0.25) is 0 Å². The molecule has 0 aromatic heterocycles. The maximum Gasteiger partial charge on any atom is 0.305 e. The lowest BCUT2D eigenvalue weighted by molar-refractivity contribution is -0.141. The van der Waals surface area contributed by atoms with Crippen molar-refractivity contribution in [2.75, 3.05) is 13.6 Å². The highest BCUT2D eigenvalue weighted by Crippen LogP contribution is 2.11. The van der Waals surface area contributed by atoms with Crippen molar-refractivity contribution < 1.29 is 14.7 Å². The van der Waals surface area contributed by atoms with E-state index in [0.29, 0.717) is 13.0 Å². The van der Waals surface area contributed by atoms with E-state index in [4.69, 9.17) is 10.8 Å². The van der Waals surface area contributed by atoms with E-state index in [9.17, 15) is 9.59 Å². The van der Waals surface area contributed by atoms with E-state index < -0.39 is 12.0 Å². The number of carboxylic acids is 1. The number of aliphatic carboxylic acids is 1. The molecule has 0 bridgehead atoms. The zero-order chi connectivity index (χ0) is 14.4. The smallest absolute Gasteiger partial charge is 0.305 e. The minimum atomic E-state index is -1.07. The Hall–Kier alpha value is -1.40. The quantitative estimate of drug-likeness (QED) is 0.823. The van der Waals surface area contributed by atoms with Crippen LogP contribution in [0.15, 0.2) is 28.7 Å². The summed E-state index contributed by atoms with van der Waals surface area (Å²) in [6.07, 6.45) is 0.358. The van der Waals surface area contributed by atoms with Crippen molar-refractivity contribution in [1.82, 2.24) is 4.90 Å². The number of carbonyl (C=O) groups is 2. The first-order valence-corrected chi connectivity index (χ1v) is 6.66. The van der Waals surface area contributed by atoms with E-state index >= 15 is 0 Å². The summed E-state index contributed by atoms with van der Waals surface area (Å²) < 4.78 is 1.00. The Morgan fingerprint density at radius 1 is 1.37 bits per heavy atom. The lowest BCUT2D eigenvalue weighted by atomic mass is 10.1. The third-order valence-corrected chi connectivity index (χ3v) is 3.27. The largest absolute Gasteiger partial charge is 0.481 e. The molecule has 0 saturated carbocycles. The molecule has 0 aliphatic carbocycles. The Morgan fingerprint density at radius 2 is 1.95 bits per heavy atom. The second-order valence-corrected chi connectivity index (χ2v) is 5.26. The second kappa shape index (κ2) is 7.25. The van der Waals surface area contributed by atoms with Crippen LogP contribution in [0.1, 0.15) is 12.0 Å². The molecule has 0 fully saturated rings. The summed E-state index contributed by atoms with van der Waals surface area (Å²) in [5, 5.41) is 8.59. The van der Waals surface area contributed by atoms with Gasteiger partial charge in [0.05, 0.1) is 12.5 Å². The van der Waals surface area contributed by atoms with E-state index in [2.05, 4.69) is 15.9 Å². The van der Waals surface area contributed by atoms with Gasteiger partial charge in [0.15, 0.2) is 0 Å². The lowest BCUT2D eigenvalue weighted by Gasteiger charge is -2.20. The van der Waals surface area contributed by atoms with Gasteiger partial charge in [-0.25, -0.2) is 0 Å². The molecule has 1 atom stereocenters. The summed E-state index contributed by atoms with van der Waals surface area (Å²) in [5.74, 6) is -1.42. The zero-order valence-corrected chi connectivity index (χ0v) is 12.3. The van der Waals surface area contributed by atoms with Crippen LogP contribution in [-0.2, 0) is 16.0 Å². The van der Waals surface area contributed by atoms with Gasteiger partial charge in [0.25, 0.3) is 0 Å². The third-order valence-electron chi connectivity index (χ3n) is 2.74. The maximum atomic E-state index is 11.8. The van der Waals surface area contributed by atoms with Crippen LogP contribution in [0.4, 0.5) is 0 Å². The Morgan fingerprint density at radius 3 is 2.47 bits per heavy atom. The Labute approximate surface area is 120 Å². The molecule has 1 aromatic rings. The fraction of sp³-hybridized carbons (Fsp3) is 0.385. The molecule has 1 unspecified atom stereocenters. The standard InChI is InChI=1S/C13H17BrN2O3/c1-16(13(19)11(15)8-12(17)18)7-6-9-2-4-10(14)5-3-9/h2-5,11H,6-8,15H2,1H3,(H,17,18). The highest BCUT2D eigenvalue weighted by molar-refractivity contribution is 9.10. The van der Waals surface area contributed by atoms with E-state index in [1.165, 1.54) is 4.90 Å². The van der Waals surface area contributed by atoms with E-state index in [1.54, 1.807) is 7.05 Å². The number of halogens is 1. The van der Waals surface area contributed by atoms with Crippen molar-refractivity contribution in [1.29, 1.82) is 0 Å². The molecule has 6 heteroatoms. The third kappa shape index (κ3) is 5.40. The van der Waals surface area contributed by atoms with Gasteiger partial charge in [-0.15, -0.1) is 0 Å². The minimum Gasteiger partial charge on any atom is -0.481 e. The van der Waals surface area contributed by atoms with Gasteiger partial charge in [0, 0.05) is 18.1 Å². The normalized spacial score (nSPS) is 11.9. The lowest BCUT2D eigenvalue weighted by Crippen LogP contribution is -2.43. The molecule has 104 valence electrons. The Bertz CT molecular complexity index is 448. The SMILES string of the molecule is CN(CCc1ccc(Br)cc1)C(=O)C(N)CC(=O)O. The molecule has 5 nitrogen and oxygen atoms in total. The van der Waals surface area contributed by atoms with Gasteiger partial charge in [-0.05, 0) is 24.1 Å². The van der Waals surface area contributed by atoms with Crippen molar-refractivity contribution in [2.24, 2.45) is 5.73 Å². The molecule has 0 radical (unpaired) electrons. The first-order chi connectivity index (χ1) is 8.90. The molecular formula is C13H17BrN2O3. The van der Waals surface area contributed by atoms with Gasteiger partial charge < -0.3 is 15.7 Å². The Kier molecular flexibility index (Phi) is 5.98. The van der Waals surface area contributed by atoms with Crippen LogP contribution in [0.5, 0.6) is 0 Å². The number of rotatable bonds is 6. The summed E-state index contributed by atoms with van der Waals surface area (Å²) in [6.45, 7) is 0.508. The van der Waals surface area contributed by atoms with Crippen molar-refractivity contribution >= 4 is 27.8 Å². The summed E-state index contributed by atoms with van der Waals surface area (Å²) in [6, 6.07) is 6.84. The first-order valence-electron chi connectivity index (χ1n) is 5.87. The molecule has 1 amide bonds. The molecule has 1 rings (SSSR count). The molecule has 0 aliphatic heterocycles. The van der Waals surface area contributed by atoms with E-state index in [1.807, 2.05) is 24.3 Å². The number of hydrogen-bond acceptors (Lipinski definition) is 3. The molecule has 0 heterocycles. The van der Waals surface area contributed by atoms with Crippen molar-refractivity contribution in [3.05, 3.63) is 34.3 Å². The summed E-state index contributed by atoms with van der Waals surface area (Å²) >= 11 is 3.35. The molecule has 19 heavy (non-hydrogen) atoms. The molecule has 0 aliphatic rings. The Balaban J connectivity index is 2.46. The molecule has 1 aromatic carbocycles. The molecular weight excluding hydrogens is 312 g/mol. The van der Waals surface area contributed by atoms with E-state index in [-0.39, 0.29) is 12.3 Å². The van der Waals surface area contributed by atoms with Gasteiger partial charge in [0.2, 0.25) is 5.91 Å². The predicted octanol–water partition coefficient (Wildman–Crippen LogP) is 1.25. The van der Waals surface area contributed by atoms with Gasteiger partial charge in [-0.3, -0.25) is 9.59 Å². The topological polar surface area (TPSA) is 83.6 Å². The van der Waals surface area contributed by atoms with Gasteiger partial charge in [-0.1, -0.05) is 28.1 Å². The van der Waals surface area contributed by atoms with Crippen molar-refractivity contribution in [3.63, 3.8) is 0 Å². The van der Waals surface area contributed by atoms with Crippen LogP contribution in [-0.4, -0.2) is 41.5 Å². The molecule has 3 N–H and O–H groups in total. The summed E-state index contributed by atoms with van der Waals surface area (Å²) in [5.41, 5.74) is 6.64. The average molecular weight is 329 g/mol. The maximum absolute atomic E-state index is 11.8. The first kappa shape index (κ1) is 15.7. The van der Waals surface area contributed by atoms with Crippen LogP contribution >= 0.6 is 15.9 Å². The highest BCUT2D eigenvalue weighted by Gasteiger charge is 2.20. The number of nitrogens with two attached hydrogens (primary N) is 1.